The van der Waals surface area contributed by atoms with E-state index in [1.165, 1.54) is 0 Å². The number of nitrogens with zero attached hydrogens (tertiary/aromatic N) is 1. The van der Waals surface area contributed by atoms with Crippen molar-refractivity contribution >= 4 is 0 Å². The summed E-state index contributed by atoms with van der Waals surface area (Å²) >= 11 is 0. The first-order valence-corrected chi connectivity index (χ1v) is 5.37. The lowest BCUT2D eigenvalue weighted by molar-refractivity contribution is -0.116. The van der Waals surface area contributed by atoms with E-state index in [1.807, 2.05) is 25.4 Å². The Bertz CT molecular complexity index is 265. The van der Waals surface area contributed by atoms with Gasteiger partial charge in [0.15, 0.2) is 0 Å². The number of aliphatic hydroxyl groups is 1. The van der Waals surface area contributed by atoms with Crippen molar-refractivity contribution in [1.29, 1.82) is 0 Å². The first-order valence-electron chi connectivity index (χ1n) is 5.37. The first kappa shape index (κ1) is 10.7. The van der Waals surface area contributed by atoms with Crippen LogP contribution in [0.3, 0.4) is 0 Å². The number of hydrogen-bond donors (Lipinski definition) is 2. The Morgan fingerprint density at radius 1 is 1.47 bits per heavy atom. The van der Waals surface area contributed by atoms with Crippen molar-refractivity contribution in [2.24, 2.45) is 0 Å². The van der Waals surface area contributed by atoms with Gasteiger partial charge in [-0.05, 0) is 13.1 Å². The van der Waals surface area contributed by atoms with Crippen molar-refractivity contribution in [2.75, 3.05) is 20.2 Å². The SMILES string of the molecule is CNC1COC(N2C=CC=CC2)CC1O. The Kier molecular flexibility index (Phi) is 3.41. The van der Waals surface area contributed by atoms with Crippen LogP contribution in [0, 0.1) is 0 Å². The van der Waals surface area contributed by atoms with Crippen LogP contribution in [0.2, 0.25) is 0 Å². The zero-order valence-electron chi connectivity index (χ0n) is 8.97. The van der Waals surface area contributed by atoms with Gasteiger partial charge < -0.3 is 20.1 Å². The predicted octanol–water partition coefficient (Wildman–Crippen LogP) is 0.0672. The summed E-state index contributed by atoms with van der Waals surface area (Å²) in [5, 5.41) is 12.9. The lowest BCUT2D eigenvalue weighted by atomic mass is 10.0. The molecule has 0 aromatic heterocycles. The van der Waals surface area contributed by atoms with Gasteiger partial charge in [0, 0.05) is 19.2 Å². The molecule has 0 aromatic rings. The monoisotopic (exact) mass is 210 g/mol. The van der Waals surface area contributed by atoms with Crippen molar-refractivity contribution < 1.29 is 9.84 Å². The lowest BCUT2D eigenvalue weighted by Gasteiger charge is -2.39. The Hall–Kier alpha value is -0.840. The minimum absolute atomic E-state index is 0.00537. The van der Waals surface area contributed by atoms with Gasteiger partial charge in [0.2, 0.25) is 0 Å². The fourth-order valence-corrected chi connectivity index (χ4v) is 1.97. The molecule has 0 amide bonds. The topological polar surface area (TPSA) is 44.7 Å². The molecule has 0 radical (unpaired) electrons. The minimum atomic E-state index is -0.326. The zero-order valence-corrected chi connectivity index (χ0v) is 8.97. The van der Waals surface area contributed by atoms with Gasteiger partial charge in [-0.2, -0.15) is 0 Å². The van der Waals surface area contributed by atoms with Crippen LogP contribution < -0.4 is 5.32 Å². The maximum Gasteiger partial charge on any atom is 0.132 e. The molecule has 1 saturated heterocycles. The standard InChI is InChI=1S/C11H18N2O2/c1-12-9-8-15-11(7-10(9)14)13-5-3-2-4-6-13/h2-5,9-12,14H,6-8H2,1H3. The fourth-order valence-electron chi connectivity index (χ4n) is 1.97. The van der Waals surface area contributed by atoms with E-state index in [2.05, 4.69) is 16.3 Å². The average molecular weight is 210 g/mol. The van der Waals surface area contributed by atoms with Gasteiger partial charge >= 0.3 is 0 Å². The molecule has 4 heteroatoms. The normalized spacial score (nSPS) is 35.9. The summed E-state index contributed by atoms with van der Waals surface area (Å²) < 4.78 is 5.71. The van der Waals surface area contributed by atoms with E-state index in [0.717, 1.165) is 6.54 Å². The highest BCUT2D eigenvalue weighted by molar-refractivity contribution is 5.09. The third-order valence-electron chi connectivity index (χ3n) is 2.96. The molecule has 2 N–H and O–H groups in total. The second-order valence-corrected chi connectivity index (χ2v) is 3.95. The molecule has 3 unspecified atom stereocenters. The molecule has 3 atom stereocenters. The second kappa shape index (κ2) is 4.79. The first-order chi connectivity index (χ1) is 7.31. The number of nitrogens with one attached hydrogen (secondary N) is 1. The molecule has 0 aromatic carbocycles. The molecule has 15 heavy (non-hydrogen) atoms. The van der Waals surface area contributed by atoms with Gasteiger partial charge in [-0.1, -0.05) is 12.2 Å². The highest BCUT2D eigenvalue weighted by Gasteiger charge is 2.31. The highest BCUT2D eigenvalue weighted by atomic mass is 16.5. The maximum atomic E-state index is 9.86. The van der Waals surface area contributed by atoms with E-state index >= 15 is 0 Å². The van der Waals surface area contributed by atoms with Crippen LogP contribution >= 0.6 is 0 Å². The zero-order chi connectivity index (χ0) is 10.7. The van der Waals surface area contributed by atoms with Crippen molar-refractivity contribution in [1.82, 2.24) is 10.2 Å². The summed E-state index contributed by atoms with van der Waals surface area (Å²) in [5.74, 6) is 0. The molecule has 2 heterocycles. The Labute approximate surface area is 90.2 Å². The smallest absolute Gasteiger partial charge is 0.132 e. The quantitative estimate of drug-likeness (QED) is 0.677. The molecule has 2 rings (SSSR count). The summed E-state index contributed by atoms with van der Waals surface area (Å²) in [7, 11) is 1.85. The molecule has 2 aliphatic rings. The fraction of sp³-hybridized carbons (Fsp3) is 0.636. The van der Waals surface area contributed by atoms with Crippen LogP contribution in [0.25, 0.3) is 0 Å². The van der Waals surface area contributed by atoms with Gasteiger partial charge in [0.25, 0.3) is 0 Å². The number of allylic oxidation sites excluding steroid dienone is 2. The number of likely N-dealkylation sites (N-methyl/N-ethyl adjacent to an activating group) is 1. The molecule has 0 saturated carbocycles. The lowest BCUT2D eigenvalue weighted by Crippen LogP contribution is -2.52. The Morgan fingerprint density at radius 2 is 2.33 bits per heavy atom. The van der Waals surface area contributed by atoms with Gasteiger partial charge in [0.1, 0.15) is 6.23 Å². The van der Waals surface area contributed by atoms with Crippen LogP contribution in [0.15, 0.2) is 24.4 Å². The van der Waals surface area contributed by atoms with Crippen molar-refractivity contribution in [3.8, 4) is 0 Å². The van der Waals surface area contributed by atoms with Crippen molar-refractivity contribution in [3.63, 3.8) is 0 Å². The molecular formula is C11H18N2O2. The maximum absolute atomic E-state index is 9.86. The predicted molar refractivity (Wildman–Crippen MR) is 58.2 cm³/mol. The molecule has 84 valence electrons. The van der Waals surface area contributed by atoms with Crippen LogP contribution in [0.5, 0.6) is 0 Å². The van der Waals surface area contributed by atoms with Gasteiger partial charge in [-0.15, -0.1) is 0 Å². The van der Waals surface area contributed by atoms with Crippen molar-refractivity contribution in [3.05, 3.63) is 24.4 Å². The van der Waals surface area contributed by atoms with E-state index in [4.69, 9.17) is 4.74 Å². The van der Waals surface area contributed by atoms with Crippen LogP contribution in [0.4, 0.5) is 0 Å². The van der Waals surface area contributed by atoms with Crippen molar-refractivity contribution in [2.45, 2.75) is 24.8 Å². The summed E-state index contributed by atoms with van der Waals surface area (Å²) in [6.45, 7) is 1.43. The van der Waals surface area contributed by atoms with Crippen LogP contribution in [0.1, 0.15) is 6.42 Å². The number of hydrogen-bond acceptors (Lipinski definition) is 4. The van der Waals surface area contributed by atoms with E-state index < -0.39 is 0 Å². The molecule has 2 aliphatic heterocycles. The van der Waals surface area contributed by atoms with E-state index in [0.29, 0.717) is 13.0 Å². The summed E-state index contributed by atoms with van der Waals surface area (Å²) in [6, 6.07) is 0.0607. The summed E-state index contributed by atoms with van der Waals surface area (Å²) in [6.07, 6.45) is 8.44. The molecular weight excluding hydrogens is 192 g/mol. The third kappa shape index (κ3) is 2.40. The number of ether oxygens (including phenoxy) is 1. The van der Waals surface area contributed by atoms with E-state index in [-0.39, 0.29) is 18.4 Å². The molecule has 1 fully saturated rings. The molecule has 0 aliphatic carbocycles. The van der Waals surface area contributed by atoms with Gasteiger partial charge in [-0.25, -0.2) is 0 Å². The Balaban J connectivity index is 1.90. The molecule has 0 bridgehead atoms. The van der Waals surface area contributed by atoms with Crippen LogP contribution in [-0.4, -0.2) is 48.6 Å². The number of aliphatic hydroxyl groups excluding tert-OH is 1. The second-order valence-electron chi connectivity index (χ2n) is 3.95. The van der Waals surface area contributed by atoms with Gasteiger partial charge in [0.05, 0.1) is 18.8 Å². The number of rotatable bonds is 2. The summed E-state index contributed by atoms with van der Waals surface area (Å²) in [4.78, 5) is 2.11. The minimum Gasteiger partial charge on any atom is -0.391 e. The van der Waals surface area contributed by atoms with E-state index in [9.17, 15) is 5.11 Å². The Morgan fingerprint density at radius 3 is 2.93 bits per heavy atom. The highest BCUT2D eigenvalue weighted by Crippen LogP contribution is 2.19. The van der Waals surface area contributed by atoms with Crippen LogP contribution in [-0.2, 0) is 4.74 Å². The average Bonchev–Trinajstić information content (AvgIpc) is 2.30. The molecule has 4 nitrogen and oxygen atoms in total. The van der Waals surface area contributed by atoms with Gasteiger partial charge in [-0.3, -0.25) is 0 Å². The third-order valence-corrected chi connectivity index (χ3v) is 2.96. The summed E-state index contributed by atoms with van der Waals surface area (Å²) in [5.41, 5.74) is 0. The van der Waals surface area contributed by atoms with E-state index in [1.54, 1.807) is 0 Å². The molecule has 0 spiro atoms. The largest absolute Gasteiger partial charge is 0.391 e.